The Labute approximate surface area is 65.9 Å². The molecular weight excluding hydrogens is 124 g/mol. The maximum Gasteiger partial charge on any atom is 0 e. The third-order valence-electron chi connectivity index (χ3n) is 1.79. The van der Waals surface area contributed by atoms with Gasteiger partial charge in [0.1, 0.15) is 0 Å². The van der Waals surface area contributed by atoms with Gasteiger partial charge >= 0.3 is 0 Å². The molecule has 10 heavy (non-hydrogen) atoms. The summed E-state index contributed by atoms with van der Waals surface area (Å²) in [6.45, 7) is 6.32. The lowest BCUT2D eigenvalue weighted by Crippen LogP contribution is -2.28. The molecule has 64 valence electrons. The summed E-state index contributed by atoms with van der Waals surface area (Å²) in [5.74, 6) is 0. The molecule has 0 unspecified atom stereocenters. The maximum absolute atomic E-state index is 5.57. The van der Waals surface area contributed by atoms with Crippen molar-refractivity contribution in [1.29, 1.82) is 0 Å². The van der Waals surface area contributed by atoms with Crippen molar-refractivity contribution in [3.63, 3.8) is 0 Å². The normalized spacial score (nSPS) is 12.6. The van der Waals surface area contributed by atoms with Crippen LogP contribution in [0.25, 0.3) is 0 Å². The fourth-order valence-corrected chi connectivity index (χ4v) is 0.628. The molecule has 2 nitrogen and oxygen atoms in total. The van der Waals surface area contributed by atoms with Crippen molar-refractivity contribution >= 4 is 0 Å². The summed E-state index contributed by atoms with van der Waals surface area (Å²) in [4.78, 5) is 2.19. The van der Waals surface area contributed by atoms with Crippen LogP contribution in [0.2, 0.25) is 0 Å². The van der Waals surface area contributed by atoms with Crippen molar-refractivity contribution in [2.24, 2.45) is 11.1 Å². The van der Waals surface area contributed by atoms with E-state index < -0.39 is 0 Å². The van der Waals surface area contributed by atoms with Gasteiger partial charge in [-0.2, -0.15) is 0 Å². The van der Waals surface area contributed by atoms with Crippen LogP contribution in [0.1, 0.15) is 21.7 Å². The van der Waals surface area contributed by atoms with Crippen LogP contribution >= 0.6 is 0 Å². The standard InChI is InChI=1S/C8H20N2.H2/c1-8(2,7-9)5-6-10(3)4;/h5-7,9H2,1-4H3;1H. The molecule has 0 aliphatic heterocycles. The number of hydrogen-bond acceptors (Lipinski definition) is 2. The Morgan fingerprint density at radius 2 is 1.90 bits per heavy atom. The van der Waals surface area contributed by atoms with Crippen LogP contribution in [0.3, 0.4) is 0 Å². The lowest BCUT2D eigenvalue weighted by Gasteiger charge is -2.23. The maximum atomic E-state index is 5.57. The summed E-state index contributed by atoms with van der Waals surface area (Å²) in [6.07, 6.45) is 1.18. The molecule has 0 aliphatic rings. The number of nitrogens with zero attached hydrogens (tertiary/aromatic N) is 1. The molecule has 0 spiro atoms. The third kappa shape index (κ3) is 4.77. The first-order chi connectivity index (χ1) is 4.48. The molecule has 0 rings (SSSR count). The Bertz CT molecular complexity index is 92.1. The minimum absolute atomic E-state index is 0. The van der Waals surface area contributed by atoms with E-state index in [1.807, 2.05) is 0 Å². The molecular formula is C8H22N2. The highest BCUT2D eigenvalue weighted by atomic mass is 15.0. The average Bonchev–Trinajstić information content (AvgIpc) is 1.85. The van der Waals surface area contributed by atoms with Gasteiger partial charge in [0.05, 0.1) is 0 Å². The van der Waals surface area contributed by atoms with Crippen molar-refractivity contribution in [2.45, 2.75) is 20.3 Å². The molecule has 0 amide bonds. The lowest BCUT2D eigenvalue weighted by molar-refractivity contribution is 0.282. The summed E-state index contributed by atoms with van der Waals surface area (Å²) >= 11 is 0. The largest absolute Gasteiger partial charge is 0.330 e. The van der Waals surface area contributed by atoms with Gasteiger partial charge in [-0.1, -0.05) is 13.8 Å². The minimum atomic E-state index is 0. The Balaban J connectivity index is 0. The van der Waals surface area contributed by atoms with Crippen LogP contribution in [-0.2, 0) is 0 Å². The van der Waals surface area contributed by atoms with Crippen molar-refractivity contribution in [3.8, 4) is 0 Å². The third-order valence-corrected chi connectivity index (χ3v) is 1.79. The van der Waals surface area contributed by atoms with Gasteiger partial charge in [0.15, 0.2) is 0 Å². The minimum Gasteiger partial charge on any atom is -0.330 e. The first kappa shape index (κ1) is 9.92. The smallest absolute Gasteiger partial charge is 0 e. The zero-order valence-corrected chi connectivity index (χ0v) is 7.65. The van der Waals surface area contributed by atoms with E-state index in [0.717, 1.165) is 13.1 Å². The molecule has 0 atom stereocenters. The molecule has 0 heterocycles. The quantitative estimate of drug-likeness (QED) is 0.645. The number of nitrogens with two attached hydrogens (primary N) is 1. The van der Waals surface area contributed by atoms with Gasteiger partial charge in [-0.05, 0) is 39.0 Å². The van der Waals surface area contributed by atoms with E-state index in [1.165, 1.54) is 6.42 Å². The second-order valence-electron chi connectivity index (χ2n) is 3.92. The molecule has 2 heteroatoms. The van der Waals surface area contributed by atoms with E-state index in [0.29, 0.717) is 5.41 Å². The van der Waals surface area contributed by atoms with Crippen molar-refractivity contribution in [1.82, 2.24) is 4.90 Å². The first-order valence-corrected chi connectivity index (χ1v) is 3.83. The molecule has 2 N–H and O–H groups in total. The van der Waals surface area contributed by atoms with E-state index in [1.54, 1.807) is 0 Å². The van der Waals surface area contributed by atoms with Gasteiger partial charge in [0, 0.05) is 1.43 Å². The van der Waals surface area contributed by atoms with Gasteiger partial charge in [-0.3, -0.25) is 0 Å². The van der Waals surface area contributed by atoms with E-state index in [-0.39, 0.29) is 1.43 Å². The van der Waals surface area contributed by atoms with E-state index in [2.05, 4.69) is 32.8 Å². The monoisotopic (exact) mass is 146 g/mol. The molecule has 0 saturated heterocycles. The van der Waals surface area contributed by atoms with E-state index in [9.17, 15) is 0 Å². The molecule has 0 bridgehead atoms. The Morgan fingerprint density at radius 3 is 2.20 bits per heavy atom. The highest BCUT2D eigenvalue weighted by Crippen LogP contribution is 2.17. The van der Waals surface area contributed by atoms with Gasteiger partial charge in [-0.15, -0.1) is 0 Å². The summed E-state index contributed by atoms with van der Waals surface area (Å²) in [7, 11) is 4.18. The predicted molar refractivity (Wildman–Crippen MR) is 48.1 cm³/mol. The SMILES string of the molecule is CN(C)CCC(C)(C)CN.[HH]. The second kappa shape index (κ2) is 3.94. The highest BCUT2D eigenvalue weighted by Gasteiger charge is 2.14. The van der Waals surface area contributed by atoms with E-state index in [4.69, 9.17) is 5.73 Å². The molecule has 0 radical (unpaired) electrons. The molecule has 0 aromatic heterocycles. The van der Waals surface area contributed by atoms with Gasteiger partial charge < -0.3 is 10.6 Å². The number of rotatable bonds is 4. The lowest BCUT2D eigenvalue weighted by atomic mass is 9.89. The average molecular weight is 146 g/mol. The van der Waals surface area contributed by atoms with Crippen molar-refractivity contribution in [3.05, 3.63) is 0 Å². The zero-order chi connectivity index (χ0) is 8.20. The Morgan fingerprint density at radius 1 is 1.40 bits per heavy atom. The fourth-order valence-electron chi connectivity index (χ4n) is 0.628. The Kier molecular flexibility index (Phi) is 3.91. The van der Waals surface area contributed by atoms with Crippen LogP contribution < -0.4 is 5.73 Å². The number of hydrogen-bond donors (Lipinski definition) is 1. The van der Waals surface area contributed by atoms with Crippen molar-refractivity contribution < 1.29 is 1.43 Å². The molecule has 0 saturated carbocycles. The van der Waals surface area contributed by atoms with Gasteiger partial charge in [0.25, 0.3) is 0 Å². The predicted octanol–water partition coefficient (Wildman–Crippen LogP) is 1.17. The summed E-state index contributed by atoms with van der Waals surface area (Å²) < 4.78 is 0. The molecule has 0 aromatic carbocycles. The Hall–Kier alpha value is -0.0800. The molecule has 0 aromatic rings. The van der Waals surface area contributed by atoms with E-state index >= 15 is 0 Å². The summed E-state index contributed by atoms with van der Waals surface area (Å²) in [5.41, 5.74) is 5.88. The second-order valence-corrected chi connectivity index (χ2v) is 3.92. The van der Waals surface area contributed by atoms with Gasteiger partial charge in [-0.25, -0.2) is 0 Å². The summed E-state index contributed by atoms with van der Waals surface area (Å²) in [6, 6.07) is 0. The molecule has 0 aliphatic carbocycles. The highest BCUT2D eigenvalue weighted by molar-refractivity contribution is 4.69. The summed E-state index contributed by atoms with van der Waals surface area (Å²) in [5, 5.41) is 0. The van der Waals surface area contributed by atoms with Crippen molar-refractivity contribution in [2.75, 3.05) is 27.2 Å². The van der Waals surface area contributed by atoms with Crippen LogP contribution in [0.5, 0.6) is 0 Å². The first-order valence-electron chi connectivity index (χ1n) is 3.83. The van der Waals surface area contributed by atoms with Crippen LogP contribution in [0.15, 0.2) is 0 Å². The topological polar surface area (TPSA) is 29.3 Å². The zero-order valence-electron chi connectivity index (χ0n) is 7.65. The van der Waals surface area contributed by atoms with Crippen LogP contribution in [-0.4, -0.2) is 32.1 Å². The fraction of sp³-hybridized carbons (Fsp3) is 1.00. The van der Waals surface area contributed by atoms with Crippen LogP contribution in [0.4, 0.5) is 0 Å². The molecule has 0 fully saturated rings. The van der Waals surface area contributed by atoms with Gasteiger partial charge in [0.2, 0.25) is 0 Å². The van der Waals surface area contributed by atoms with Crippen LogP contribution in [0, 0.1) is 5.41 Å².